The first-order valence-electron chi connectivity index (χ1n) is 10.6. The molecule has 3 atom stereocenters. The van der Waals surface area contributed by atoms with Gasteiger partial charge in [-0.25, -0.2) is 0 Å². The minimum absolute atomic E-state index is 0.0353. The van der Waals surface area contributed by atoms with Crippen LogP contribution in [0.1, 0.15) is 16.7 Å². The molecule has 7 heteroatoms. The van der Waals surface area contributed by atoms with Crippen LogP contribution in [0.4, 0.5) is 0 Å². The third-order valence-corrected chi connectivity index (χ3v) is 7.40. The number of piperazine rings is 1. The first kappa shape index (κ1) is 21.6. The number of sulfonamides is 1. The summed E-state index contributed by atoms with van der Waals surface area (Å²) in [4.78, 5) is 4.77. The Kier molecular flexibility index (Phi) is 6.98. The monoisotopic (exact) mass is 429 g/mol. The summed E-state index contributed by atoms with van der Waals surface area (Å²) >= 11 is 0. The van der Waals surface area contributed by atoms with Crippen molar-refractivity contribution in [3.63, 3.8) is 0 Å². The smallest absolute Gasteiger partial charge is 0.144 e. The van der Waals surface area contributed by atoms with Gasteiger partial charge < -0.3 is 9.29 Å². The minimum atomic E-state index is -3.24. The van der Waals surface area contributed by atoms with Crippen LogP contribution in [-0.2, 0) is 32.5 Å². The number of rotatable bonds is 7. The van der Waals surface area contributed by atoms with E-state index in [4.69, 9.17) is 4.74 Å². The van der Waals surface area contributed by atoms with Crippen molar-refractivity contribution in [3.8, 4) is 0 Å². The van der Waals surface area contributed by atoms with E-state index in [1.807, 2.05) is 30.3 Å². The fraction of sp³-hybridized carbons (Fsp3) is 0.478. The molecule has 2 aromatic rings. The molecule has 0 bridgehead atoms. The Hall–Kier alpha value is -1.61. The molecule has 1 unspecified atom stereocenters. The fourth-order valence-electron chi connectivity index (χ4n) is 4.40. The number of nitrogens with one attached hydrogen (secondary N) is 1. The first-order chi connectivity index (χ1) is 14.5. The van der Waals surface area contributed by atoms with Crippen LogP contribution in [0.15, 0.2) is 54.6 Å². The molecule has 2 saturated heterocycles. The Morgan fingerprint density at radius 2 is 1.80 bits per heavy atom. The molecule has 2 heterocycles. The molecule has 0 amide bonds. The largest absolute Gasteiger partial charge is 0.598 e. The van der Waals surface area contributed by atoms with E-state index in [2.05, 4.69) is 45.7 Å². The van der Waals surface area contributed by atoms with Crippen molar-refractivity contribution in [1.82, 2.24) is 14.5 Å². The zero-order valence-electron chi connectivity index (χ0n) is 17.5. The van der Waals surface area contributed by atoms with Crippen LogP contribution in [0.3, 0.4) is 0 Å². The summed E-state index contributed by atoms with van der Waals surface area (Å²) in [5.41, 5.74) is 3.71. The van der Waals surface area contributed by atoms with Crippen molar-refractivity contribution < 1.29 is 13.5 Å². The molecule has 4 rings (SSSR count). The van der Waals surface area contributed by atoms with E-state index in [0.29, 0.717) is 13.2 Å². The Morgan fingerprint density at radius 1 is 1.07 bits per heavy atom. The molecule has 2 fully saturated rings. The zero-order valence-corrected chi connectivity index (χ0v) is 18.4. The molecule has 2 aromatic carbocycles. The van der Waals surface area contributed by atoms with Gasteiger partial charge in [0.2, 0.25) is 0 Å². The molecule has 30 heavy (non-hydrogen) atoms. The number of hydrogen-bond donors (Lipinski definition) is 1. The highest BCUT2D eigenvalue weighted by Gasteiger charge is 2.44. The van der Waals surface area contributed by atoms with Gasteiger partial charge in [-0.1, -0.05) is 64.4 Å². The summed E-state index contributed by atoms with van der Waals surface area (Å²) in [6.45, 7) is 7.60. The van der Waals surface area contributed by atoms with Gasteiger partial charge in [-0.15, -0.1) is 4.72 Å². The lowest BCUT2D eigenvalue weighted by Crippen LogP contribution is -2.55. The maximum atomic E-state index is 12.3. The first-order valence-corrected chi connectivity index (χ1v) is 12.3. The normalized spacial score (nSPS) is 28.1. The fourth-order valence-corrected chi connectivity index (χ4v) is 6.08. The van der Waals surface area contributed by atoms with E-state index < -0.39 is 10.4 Å². The highest BCUT2D eigenvalue weighted by molar-refractivity contribution is 7.96. The molecule has 0 saturated carbocycles. The molecule has 2 aliphatic heterocycles. The average Bonchev–Trinajstić information content (AvgIpc) is 3.04. The number of hydrogen-bond acceptors (Lipinski definition) is 5. The topological polar surface area (TPSA) is 67.9 Å². The lowest BCUT2D eigenvalue weighted by Gasteiger charge is -2.38. The van der Waals surface area contributed by atoms with E-state index >= 15 is 0 Å². The Morgan fingerprint density at radius 3 is 2.53 bits per heavy atom. The lowest BCUT2D eigenvalue weighted by molar-refractivity contribution is 0.0522. The molecule has 0 aliphatic carbocycles. The summed E-state index contributed by atoms with van der Waals surface area (Å²) in [6, 6.07) is 18.4. The van der Waals surface area contributed by atoms with Crippen LogP contribution >= 0.6 is 0 Å². The SMILES string of the molecule is Cc1cccc(CN2CCN([C@@H]3C[S+](=O)([O-])N[C@@H]3COCc3ccccc3)CC2)c1. The number of ether oxygens (including phenoxy) is 1. The van der Waals surface area contributed by atoms with Crippen LogP contribution in [-0.4, -0.2) is 65.0 Å². The maximum Gasteiger partial charge on any atom is 0.144 e. The quantitative estimate of drug-likeness (QED) is 0.684. The van der Waals surface area contributed by atoms with Crippen LogP contribution in [0.25, 0.3) is 0 Å². The third kappa shape index (κ3) is 5.75. The van der Waals surface area contributed by atoms with Crippen LogP contribution in [0.2, 0.25) is 0 Å². The van der Waals surface area contributed by atoms with Gasteiger partial charge in [0.1, 0.15) is 16.2 Å². The summed E-state index contributed by atoms with van der Waals surface area (Å²) < 4.78 is 33.2. The zero-order chi connectivity index (χ0) is 21.0. The maximum absolute atomic E-state index is 12.3. The van der Waals surface area contributed by atoms with Gasteiger partial charge in [-0.3, -0.25) is 9.80 Å². The number of aryl methyl sites for hydroxylation is 1. The highest BCUT2D eigenvalue weighted by atomic mass is 32.3. The molecule has 0 radical (unpaired) electrons. The van der Waals surface area contributed by atoms with E-state index in [9.17, 15) is 8.76 Å². The van der Waals surface area contributed by atoms with Gasteiger partial charge >= 0.3 is 0 Å². The van der Waals surface area contributed by atoms with Gasteiger partial charge in [-0.2, -0.15) is 0 Å². The van der Waals surface area contributed by atoms with Crippen molar-refractivity contribution in [2.24, 2.45) is 0 Å². The summed E-state index contributed by atoms with van der Waals surface area (Å²) in [5, 5.41) is 0. The predicted octanol–water partition coefficient (Wildman–Crippen LogP) is 2.21. The molecule has 162 valence electrons. The molecule has 0 spiro atoms. The summed E-state index contributed by atoms with van der Waals surface area (Å²) in [5.74, 6) is 0.157. The Balaban J connectivity index is 1.30. The number of benzene rings is 2. The summed E-state index contributed by atoms with van der Waals surface area (Å²) in [6.07, 6.45) is 0. The summed E-state index contributed by atoms with van der Waals surface area (Å²) in [7, 11) is -3.24. The van der Waals surface area contributed by atoms with E-state index in [0.717, 1.165) is 38.3 Å². The molecular formula is C23H31N3O3S. The molecule has 0 aromatic heterocycles. The van der Waals surface area contributed by atoms with Gasteiger partial charge in [0.05, 0.1) is 25.3 Å². The van der Waals surface area contributed by atoms with Gasteiger partial charge in [-0.05, 0) is 18.1 Å². The van der Waals surface area contributed by atoms with Crippen molar-refractivity contribution in [3.05, 3.63) is 71.3 Å². The van der Waals surface area contributed by atoms with Crippen molar-refractivity contribution in [2.45, 2.75) is 32.2 Å². The second-order valence-electron chi connectivity index (χ2n) is 8.38. The van der Waals surface area contributed by atoms with Gasteiger partial charge in [0.15, 0.2) is 0 Å². The van der Waals surface area contributed by atoms with E-state index in [1.54, 1.807) is 0 Å². The second-order valence-corrected chi connectivity index (χ2v) is 10.2. The number of nitrogens with zero attached hydrogens (tertiary/aromatic N) is 2. The minimum Gasteiger partial charge on any atom is -0.598 e. The molecule has 2 aliphatic rings. The van der Waals surface area contributed by atoms with E-state index in [1.165, 1.54) is 11.1 Å². The van der Waals surface area contributed by atoms with Crippen molar-refractivity contribution in [1.29, 1.82) is 0 Å². The Bertz CT molecular complexity index is 871. The van der Waals surface area contributed by atoms with Crippen molar-refractivity contribution in [2.75, 3.05) is 38.5 Å². The third-order valence-electron chi connectivity index (χ3n) is 5.96. The van der Waals surface area contributed by atoms with Gasteiger partial charge in [0, 0.05) is 32.7 Å². The lowest BCUT2D eigenvalue weighted by atomic mass is 10.1. The molecule has 1 N–H and O–H groups in total. The molecular weight excluding hydrogens is 398 g/mol. The van der Waals surface area contributed by atoms with Crippen LogP contribution in [0.5, 0.6) is 0 Å². The van der Waals surface area contributed by atoms with Crippen LogP contribution in [0, 0.1) is 6.92 Å². The average molecular weight is 430 g/mol. The van der Waals surface area contributed by atoms with Crippen LogP contribution < -0.4 is 4.72 Å². The van der Waals surface area contributed by atoms with Gasteiger partial charge in [0.25, 0.3) is 0 Å². The van der Waals surface area contributed by atoms with Crippen molar-refractivity contribution >= 4 is 10.4 Å². The highest BCUT2D eigenvalue weighted by Crippen LogP contribution is 2.22. The second kappa shape index (κ2) is 9.68. The Labute approximate surface area is 180 Å². The standard InChI is InChI=1S/C23H31N3O3S/c1-19-6-5-9-21(14-19)15-25-10-12-26(13-11-25)23-18-30(27,28)24-22(23)17-29-16-20-7-3-2-4-8-20/h2-9,14,22-23H,10-13,15-18H2,1H3,(H-,24,27,28)/t22-,23-/m1/s1. The van der Waals surface area contributed by atoms with E-state index in [-0.39, 0.29) is 17.8 Å². The predicted molar refractivity (Wildman–Crippen MR) is 119 cm³/mol. The molecule has 6 nitrogen and oxygen atoms in total.